The normalized spacial score (nSPS) is 20.3. The second-order valence-electron chi connectivity index (χ2n) is 5.97. The first kappa shape index (κ1) is 17.8. The van der Waals surface area contributed by atoms with Gasteiger partial charge in [-0.3, -0.25) is 9.59 Å². The van der Waals surface area contributed by atoms with Crippen molar-refractivity contribution in [1.82, 2.24) is 10.6 Å². The molecule has 2 unspecified atom stereocenters. The van der Waals surface area contributed by atoms with Gasteiger partial charge in [-0.2, -0.15) is 0 Å². The molecule has 6 heteroatoms. The summed E-state index contributed by atoms with van der Waals surface area (Å²) in [4.78, 5) is 23.8. The molecule has 1 aromatic carbocycles. The van der Waals surface area contributed by atoms with E-state index in [2.05, 4.69) is 10.6 Å². The van der Waals surface area contributed by atoms with Crippen molar-refractivity contribution in [2.75, 3.05) is 13.1 Å². The van der Waals surface area contributed by atoms with Gasteiger partial charge in [-0.25, -0.2) is 0 Å². The number of benzene rings is 1. The van der Waals surface area contributed by atoms with Gasteiger partial charge in [-0.1, -0.05) is 18.0 Å². The minimum absolute atomic E-state index is 0.0380. The first-order valence-corrected chi connectivity index (χ1v) is 8.51. The van der Waals surface area contributed by atoms with Gasteiger partial charge in [-0.15, -0.1) is 0 Å². The second-order valence-corrected chi connectivity index (χ2v) is 6.40. The van der Waals surface area contributed by atoms with Gasteiger partial charge in [0.1, 0.15) is 0 Å². The summed E-state index contributed by atoms with van der Waals surface area (Å²) < 4.78 is 0. The fourth-order valence-corrected chi connectivity index (χ4v) is 3.07. The van der Waals surface area contributed by atoms with Crippen LogP contribution in [-0.2, 0) is 4.79 Å². The standard InChI is InChI=1S/C17H24ClN3O2/c18-14-8-6-12(7-9-14)17(23)20-10-2-5-16(22)21-15-4-1-3-13(15)11-19/h6-9,13,15H,1-5,10-11,19H2,(H,20,23)(H,21,22). The Labute approximate surface area is 142 Å². The van der Waals surface area contributed by atoms with Crippen LogP contribution in [0.1, 0.15) is 42.5 Å². The van der Waals surface area contributed by atoms with Crippen LogP contribution in [0.25, 0.3) is 0 Å². The van der Waals surface area contributed by atoms with Gasteiger partial charge >= 0.3 is 0 Å². The lowest BCUT2D eigenvalue weighted by Crippen LogP contribution is -2.40. The van der Waals surface area contributed by atoms with E-state index in [9.17, 15) is 9.59 Å². The number of hydrogen-bond donors (Lipinski definition) is 3. The number of nitrogens with one attached hydrogen (secondary N) is 2. The zero-order chi connectivity index (χ0) is 16.7. The lowest BCUT2D eigenvalue weighted by atomic mass is 10.0. The van der Waals surface area contributed by atoms with E-state index >= 15 is 0 Å². The van der Waals surface area contributed by atoms with E-state index in [-0.39, 0.29) is 17.9 Å². The molecule has 0 aliphatic heterocycles. The topological polar surface area (TPSA) is 84.2 Å². The lowest BCUT2D eigenvalue weighted by molar-refractivity contribution is -0.122. The molecule has 1 fully saturated rings. The molecule has 5 nitrogen and oxygen atoms in total. The molecule has 4 N–H and O–H groups in total. The molecule has 1 saturated carbocycles. The summed E-state index contributed by atoms with van der Waals surface area (Å²) >= 11 is 5.78. The maximum atomic E-state index is 11.9. The molecule has 23 heavy (non-hydrogen) atoms. The van der Waals surface area contributed by atoms with Crippen molar-refractivity contribution in [3.63, 3.8) is 0 Å². The monoisotopic (exact) mass is 337 g/mol. The molecule has 1 aliphatic carbocycles. The van der Waals surface area contributed by atoms with Crippen molar-refractivity contribution >= 4 is 23.4 Å². The summed E-state index contributed by atoms with van der Waals surface area (Å²) in [5.74, 6) is 0.292. The SMILES string of the molecule is NCC1CCCC1NC(=O)CCCNC(=O)c1ccc(Cl)cc1. The zero-order valence-electron chi connectivity index (χ0n) is 13.2. The van der Waals surface area contributed by atoms with E-state index < -0.39 is 0 Å². The molecule has 1 aromatic rings. The molecule has 2 amide bonds. The van der Waals surface area contributed by atoms with E-state index in [0.29, 0.717) is 42.4 Å². The van der Waals surface area contributed by atoms with Crippen molar-refractivity contribution in [3.05, 3.63) is 34.9 Å². The minimum atomic E-state index is -0.152. The highest BCUT2D eigenvalue weighted by Crippen LogP contribution is 2.24. The Morgan fingerprint density at radius 1 is 1.22 bits per heavy atom. The molecule has 0 saturated heterocycles. The van der Waals surface area contributed by atoms with Gasteiger partial charge in [0.15, 0.2) is 0 Å². The summed E-state index contributed by atoms with van der Waals surface area (Å²) in [5.41, 5.74) is 6.28. The fourth-order valence-electron chi connectivity index (χ4n) is 2.94. The number of amides is 2. The van der Waals surface area contributed by atoms with Gasteiger partial charge in [0.2, 0.25) is 5.91 Å². The van der Waals surface area contributed by atoms with Crippen LogP contribution in [-0.4, -0.2) is 30.9 Å². The number of rotatable bonds is 7. The highest BCUT2D eigenvalue weighted by atomic mass is 35.5. The zero-order valence-corrected chi connectivity index (χ0v) is 13.9. The Kier molecular flexibility index (Phi) is 6.86. The van der Waals surface area contributed by atoms with Crippen molar-refractivity contribution in [1.29, 1.82) is 0 Å². The predicted molar refractivity (Wildman–Crippen MR) is 91.3 cm³/mol. The van der Waals surface area contributed by atoms with Crippen LogP contribution in [0.15, 0.2) is 24.3 Å². The van der Waals surface area contributed by atoms with Crippen LogP contribution in [0.5, 0.6) is 0 Å². The molecule has 0 heterocycles. The van der Waals surface area contributed by atoms with Crippen LogP contribution < -0.4 is 16.4 Å². The van der Waals surface area contributed by atoms with Crippen LogP contribution in [0.4, 0.5) is 0 Å². The molecular formula is C17H24ClN3O2. The number of carbonyl (C=O) groups excluding carboxylic acids is 2. The maximum Gasteiger partial charge on any atom is 0.251 e. The third-order valence-corrected chi connectivity index (χ3v) is 4.53. The van der Waals surface area contributed by atoms with Crippen molar-refractivity contribution in [3.8, 4) is 0 Å². The molecule has 0 radical (unpaired) electrons. The van der Waals surface area contributed by atoms with Crippen LogP contribution >= 0.6 is 11.6 Å². The molecule has 2 atom stereocenters. The smallest absolute Gasteiger partial charge is 0.251 e. The summed E-state index contributed by atoms with van der Waals surface area (Å²) in [6.45, 7) is 1.10. The number of nitrogens with two attached hydrogens (primary N) is 1. The Morgan fingerprint density at radius 2 is 1.96 bits per heavy atom. The molecular weight excluding hydrogens is 314 g/mol. The predicted octanol–water partition coefficient (Wildman–Crippen LogP) is 2.09. The van der Waals surface area contributed by atoms with E-state index in [4.69, 9.17) is 17.3 Å². The third-order valence-electron chi connectivity index (χ3n) is 4.28. The summed E-state index contributed by atoms with van der Waals surface area (Å²) in [6, 6.07) is 6.93. The summed E-state index contributed by atoms with van der Waals surface area (Å²) in [5, 5.41) is 6.46. The molecule has 126 valence electrons. The van der Waals surface area contributed by atoms with Gasteiger partial charge < -0.3 is 16.4 Å². The van der Waals surface area contributed by atoms with Gasteiger partial charge in [0, 0.05) is 29.6 Å². The molecule has 2 rings (SSSR count). The van der Waals surface area contributed by atoms with Crippen LogP contribution in [0.3, 0.4) is 0 Å². The van der Waals surface area contributed by atoms with Crippen molar-refractivity contribution < 1.29 is 9.59 Å². The van der Waals surface area contributed by atoms with E-state index in [1.807, 2.05) is 0 Å². The van der Waals surface area contributed by atoms with Crippen LogP contribution in [0.2, 0.25) is 5.02 Å². The highest BCUT2D eigenvalue weighted by molar-refractivity contribution is 6.30. The van der Waals surface area contributed by atoms with E-state index in [0.717, 1.165) is 19.3 Å². The second kappa shape index (κ2) is 8.89. The number of halogens is 1. The number of hydrogen-bond acceptors (Lipinski definition) is 3. The first-order valence-electron chi connectivity index (χ1n) is 8.13. The third kappa shape index (κ3) is 5.52. The van der Waals surface area contributed by atoms with Crippen molar-refractivity contribution in [2.24, 2.45) is 11.7 Å². The molecule has 0 spiro atoms. The Hall–Kier alpha value is -1.59. The van der Waals surface area contributed by atoms with E-state index in [1.54, 1.807) is 24.3 Å². The van der Waals surface area contributed by atoms with Gasteiger partial charge in [0.05, 0.1) is 0 Å². The Bertz CT molecular complexity index is 533. The minimum Gasteiger partial charge on any atom is -0.353 e. The van der Waals surface area contributed by atoms with Gasteiger partial charge in [-0.05, 0) is 56.0 Å². The Balaban J connectivity index is 1.64. The highest BCUT2D eigenvalue weighted by Gasteiger charge is 2.26. The first-order chi connectivity index (χ1) is 11.1. The quantitative estimate of drug-likeness (QED) is 0.666. The Morgan fingerprint density at radius 3 is 2.65 bits per heavy atom. The maximum absolute atomic E-state index is 11.9. The van der Waals surface area contributed by atoms with Crippen molar-refractivity contribution in [2.45, 2.75) is 38.1 Å². The average Bonchev–Trinajstić information content (AvgIpc) is 2.99. The van der Waals surface area contributed by atoms with Crippen LogP contribution in [0, 0.1) is 5.92 Å². The largest absolute Gasteiger partial charge is 0.353 e. The summed E-state index contributed by atoms with van der Waals surface area (Å²) in [6.07, 6.45) is 4.27. The van der Waals surface area contributed by atoms with E-state index in [1.165, 1.54) is 0 Å². The lowest BCUT2D eigenvalue weighted by Gasteiger charge is -2.19. The molecule has 0 bridgehead atoms. The average molecular weight is 338 g/mol. The fraction of sp³-hybridized carbons (Fsp3) is 0.529. The molecule has 1 aliphatic rings. The molecule has 0 aromatic heterocycles. The van der Waals surface area contributed by atoms with Gasteiger partial charge in [0.25, 0.3) is 5.91 Å². The number of carbonyl (C=O) groups is 2. The summed E-state index contributed by atoms with van der Waals surface area (Å²) in [7, 11) is 0.